The summed E-state index contributed by atoms with van der Waals surface area (Å²) in [6.45, 7) is 0.966. The van der Waals surface area contributed by atoms with Crippen molar-refractivity contribution in [2.24, 2.45) is 0 Å². The average Bonchev–Trinajstić information content (AvgIpc) is 3.05. The lowest BCUT2D eigenvalue weighted by molar-refractivity contribution is -0.146. The molecule has 22 heavy (non-hydrogen) atoms. The minimum absolute atomic E-state index is 0.0674. The molecule has 1 amide bonds. The Hall–Kier alpha value is -2.18. The van der Waals surface area contributed by atoms with Gasteiger partial charge in [-0.2, -0.15) is 11.3 Å². The Kier molecular flexibility index (Phi) is 5.68. The number of thiophene rings is 1. The largest absolute Gasteiger partial charge is 0.456 e. The maximum atomic E-state index is 11.4. The summed E-state index contributed by atoms with van der Waals surface area (Å²) in [6.07, 6.45) is -0.808. The summed E-state index contributed by atoms with van der Waals surface area (Å²) in [4.78, 5) is 22.0. The minimum atomic E-state index is -0.808. The number of benzene rings is 1. The van der Waals surface area contributed by atoms with Crippen LogP contribution in [0.25, 0.3) is 11.1 Å². The first kappa shape index (κ1) is 16.2. The summed E-state index contributed by atoms with van der Waals surface area (Å²) >= 11 is 1.63. The number of carbonyl (C=O) groups excluding carboxylic acids is 2. The third-order valence-electron chi connectivity index (χ3n) is 3.05. The number of esters is 1. The summed E-state index contributed by atoms with van der Waals surface area (Å²) in [5.74, 6) is -0.955. The van der Waals surface area contributed by atoms with Gasteiger partial charge in [0.1, 0.15) is 0 Å². The van der Waals surface area contributed by atoms with Crippen LogP contribution in [0.4, 0.5) is 0 Å². The fraction of sp³-hybridized carbons (Fsp3) is 0.250. The van der Waals surface area contributed by atoms with E-state index in [1.54, 1.807) is 11.3 Å². The van der Waals surface area contributed by atoms with Crippen LogP contribution in [0.15, 0.2) is 41.1 Å². The van der Waals surface area contributed by atoms with Crippen LogP contribution >= 0.6 is 11.3 Å². The zero-order valence-corrected chi connectivity index (χ0v) is 12.9. The van der Waals surface area contributed by atoms with Gasteiger partial charge in [-0.1, -0.05) is 24.3 Å². The van der Waals surface area contributed by atoms with Crippen LogP contribution < -0.4 is 5.32 Å². The van der Waals surface area contributed by atoms with E-state index >= 15 is 0 Å². The summed E-state index contributed by atoms with van der Waals surface area (Å²) in [7, 11) is 0. The third-order valence-corrected chi connectivity index (χ3v) is 3.73. The van der Waals surface area contributed by atoms with Crippen molar-refractivity contribution in [3.8, 4) is 11.1 Å². The van der Waals surface area contributed by atoms with Crippen LogP contribution in [0.2, 0.25) is 0 Å². The van der Waals surface area contributed by atoms with Gasteiger partial charge in [-0.25, -0.2) is 0 Å². The molecule has 2 rings (SSSR count). The highest BCUT2D eigenvalue weighted by molar-refractivity contribution is 7.08. The number of aliphatic hydroxyl groups excluding tert-OH is 1. The molecule has 2 N–H and O–H groups in total. The van der Waals surface area contributed by atoms with E-state index in [1.165, 1.54) is 6.92 Å². The minimum Gasteiger partial charge on any atom is -0.456 e. The van der Waals surface area contributed by atoms with Gasteiger partial charge in [-0.3, -0.25) is 9.59 Å². The first-order valence-electron chi connectivity index (χ1n) is 6.77. The lowest BCUT2D eigenvalue weighted by atomic mass is 10.0. The van der Waals surface area contributed by atoms with Crippen LogP contribution in [-0.2, 0) is 14.3 Å². The van der Waals surface area contributed by atoms with Gasteiger partial charge in [0.2, 0.25) is 0 Å². The fourth-order valence-corrected chi connectivity index (χ4v) is 2.54. The Morgan fingerprint density at radius 3 is 2.55 bits per heavy atom. The molecular weight excluding hydrogens is 302 g/mol. The van der Waals surface area contributed by atoms with Gasteiger partial charge in [0.25, 0.3) is 5.91 Å². The molecule has 1 unspecified atom stereocenters. The molecule has 0 saturated heterocycles. The van der Waals surface area contributed by atoms with Crippen LogP contribution in [0.1, 0.15) is 18.6 Å². The predicted molar refractivity (Wildman–Crippen MR) is 84.4 cm³/mol. The number of aliphatic hydroxyl groups is 1. The van der Waals surface area contributed by atoms with E-state index in [0.29, 0.717) is 5.56 Å². The van der Waals surface area contributed by atoms with Gasteiger partial charge in [0, 0.05) is 13.5 Å². The highest BCUT2D eigenvalue weighted by atomic mass is 32.1. The molecule has 0 fully saturated rings. The van der Waals surface area contributed by atoms with Crippen molar-refractivity contribution >= 4 is 23.2 Å². The maximum Gasteiger partial charge on any atom is 0.303 e. The molecule has 1 atom stereocenters. The second-order valence-electron chi connectivity index (χ2n) is 4.73. The number of rotatable bonds is 6. The van der Waals surface area contributed by atoms with Crippen molar-refractivity contribution in [1.29, 1.82) is 0 Å². The number of hydrogen-bond acceptors (Lipinski definition) is 5. The maximum absolute atomic E-state index is 11.4. The SMILES string of the molecule is CC(=O)OCC(=O)NCC(O)c1ccc(-c2ccsc2)cc1. The summed E-state index contributed by atoms with van der Waals surface area (Å²) in [5, 5.41) is 16.6. The quantitative estimate of drug-likeness (QED) is 0.800. The zero-order valence-electron chi connectivity index (χ0n) is 12.1. The molecular formula is C16H17NO4S. The number of nitrogens with one attached hydrogen (secondary N) is 1. The van der Waals surface area contributed by atoms with Crippen molar-refractivity contribution in [2.45, 2.75) is 13.0 Å². The van der Waals surface area contributed by atoms with Gasteiger partial charge in [0.05, 0.1) is 6.10 Å². The molecule has 0 bridgehead atoms. The molecule has 0 spiro atoms. The van der Waals surface area contributed by atoms with Crippen LogP contribution in [0.5, 0.6) is 0 Å². The Morgan fingerprint density at radius 2 is 1.95 bits per heavy atom. The smallest absolute Gasteiger partial charge is 0.303 e. The molecule has 1 aromatic heterocycles. The molecule has 0 aliphatic heterocycles. The first-order chi connectivity index (χ1) is 10.6. The highest BCUT2D eigenvalue weighted by Crippen LogP contribution is 2.23. The van der Waals surface area contributed by atoms with E-state index in [-0.39, 0.29) is 13.2 Å². The van der Waals surface area contributed by atoms with E-state index in [9.17, 15) is 14.7 Å². The van der Waals surface area contributed by atoms with E-state index in [4.69, 9.17) is 0 Å². The van der Waals surface area contributed by atoms with E-state index in [2.05, 4.69) is 15.4 Å². The molecule has 6 heteroatoms. The molecule has 1 heterocycles. The molecule has 2 aromatic rings. The number of amides is 1. The summed E-state index contributed by atoms with van der Waals surface area (Å²) < 4.78 is 4.57. The lowest BCUT2D eigenvalue weighted by Gasteiger charge is -2.12. The predicted octanol–water partition coefficient (Wildman–Crippen LogP) is 2.13. The van der Waals surface area contributed by atoms with Crippen molar-refractivity contribution < 1.29 is 19.4 Å². The van der Waals surface area contributed by atoms with Crippen molar-refractivity contribution in [1.82, 2.24) is 5.32 Å². The first-order valence-corrected chi connectivity index (χ1v) is 7.71. The number of ether oxygens (including phenoxy) is 1. The van der Waals surface area contributed by atoms with Crippen molar-refractivity contribution in [2.75, 3.05) is 13.2 Å². The Labute approximate surface area is 132 Å². The van der Waals surface area contributed by atoms with Gasteiger partial charge in [0.15, 0.2) is 6.61 Å². The highest BCUT2D eigenvalue weighted by Gasteiger charge is 2.10. The molecule has 1 aromatic carbocycles. The van der Waals surface area contributed by atoms with Gasteiger partial charge in [-0.05, 0) is 33.5 Å². The molecule has 5 nitrogen and oxygen atoms in total. The van der Waals surface area contributed by atoms with E-state index in [0.717, 1.165) is 11.1 Å². The monoisotopic (exact) mass is 319 g/mol. The molecule has 116 valence electrons. The molecule has 0 radical (unpaired) electrons. The fourth-order valence-electron chi connectivity index (χ4n) is 1.87. The van der Waals surface area contributed by atoms with E-state index in [1.807, 2.05) is 35.7 Å². The second-order valence-corrected chi connectivity index (χ2v) is 5.51. The van der Waals surface area contributed by atoms with Crippen molar-refractivity contribution in [3.63, 3.8) is 0 Å². The molecule has 0 saturated carbocycles. The van der Waals surface area contributed by atoms with Gasteiger partial charge in [-0.15, -0.1) is 0 Å². The normalized spacial score (nSPS) is 11.7. The van der Waals surface area contributed by atoms with E-state index < -0.39 is 18.0 Å². The third kappa shape index (κ3) is 4.68. The Morgan fingerprint density at radius 1 is 1.23 bits per heavy atom. The molecule has 0 aliphatic carbocycles. The lowest BCUT2D eigenvalue weighted by Crippen LogP contribution is -2.32. The summed E-state index contributed by atoms with van der Waals surface area (Å²) in [5.41, 5.74) is 2.93. The Balaban J connectivity index is 1.86. The standard InChI is InChI=1S/C16H17NO4S/c1-11(18)21-9-16(20)17-8-15(19)13-4-2-12(3-5-13)14-6-7-22-10-14/h2-7,10,15,19H,8-9H2,1H3,(H,17,20). The van der Waals surface area contributed by atoms with Crippen LogP contribution in [-0.4, -0.2) is 30.1 Å². The van der Waals surface area contributed by atoms with Gasteiger partial charge < -0.3 is 15.2 Å². The van der Waals surface area contributed by atoms with Crippen molar-refractivity contribution in [3.05, 3.63) is 46.7 Å². The number of hydrogen-bond donors (Lipinski definition) is 2. The van der Waals surface area contributed by atoms with Crippen LogP contribution in [0.3, 0.4) is 0 Å². The molecule has 0 aliphatic rings. The average molecular weight is 319 g/mol. The summed E-state index contributed by atoms with van der Waals surface area (Å²) in [6, 6.07) is 9.56. The zero-order chi connectivity index (χ0) is 15.9. The number of carbonyl (C=O) groups is 2. The van der Waals surface area contributed by atoms with Gasteiger partial charge >= 0.3 is 5.97 Å². The Bertz CT molecular complexity index is 622. The topological polar surface area (TPSA) is 75.6 Å². The second kappa shape index (κ2) is 7.72. The van der Waals surface area contributed by atoms with Crippen LogP contribution in [0, 0.1) is 0 Å².